The molecule has 0 bridgehead atoms. The van der Waals surface area contributed by atoms with E-state index in [2.05, 4.69) is 28.2 Å². The summed E-state index contributed by atoms with van der Waals surface area (Å²) >= 11 is 0. The molecule has 0 saturated heterocycles. The summed E-state index contributed by atoms with van der Waals surface area (Å²) in [5.74, 6) is -0.896. The van der Waals surface area contributed by atoms with E-state index >= 15 is 0 Å². The van der Waals surface area contributed by atoms with Crippen LogP contribution in [0.5, 0.6) is 0 Å². The minimum atomic E-state index is -0.896. The minimum absolute atomic E-state index is 0.335. The van der Waals surface area contributed by atoms with Crippen LogP contribution in [0.15, 0.2) is 36.7 Å². The van der Waals surface area contributed by atoms with Crippen LogP contribution in [0.25, 0.3) is 10.9 Å². The number of hydrogen-bond acceptors (Lipinski definition) is 1. The van der Waals surface area contributed by atoms with Crippen molar-refractivity contribution in [2.75, 3.05) is 0 Å². The van der Waals surface area contributed by atoms with Crippen LogP contribution in [0, 0.1) is 6.92 Å². The molecular formula is C15H14N2O2. The van der Waals surface area contributed by atoms with E-state index in [1.54, 1.807) is 12.3 Å². The van der Waals surface area contributed by atoms with Crippen LogP contribution in [-0.4, -0.2) is 21.0 Å². The van der Waals surface area contributed by atoms with E-state index in [0.717, 1.165) is 22.2 Å². The Morgan fingerprint density at radius 2 is 2.11 bits per heavy atom. The summed E-state index contributed by atoms with van der Waals surface area (Å²) in [5.41, 5.74) is 4.45. The summed E-state index contributed by atoms with van der Waals surface area (Å²) in [7, 11) is 0. The number of H-pyrrole nitrogens is 2. The van der Waals surface area contributed by atoms with Gasteiger partial charge in [0.25, 0.3) is 0 Å². The molecule has 19 heavy (non-hydrogen) atoms. The number of carbonyl (C=O) groups is 1. The third-order valence-corrected chi connectivity index (χ3v) is 3.35. The molecule has 0 amide bonds. The van der Waals surface area contributed by atoms with Gasteiger partial charge in [-0.05, 0) is 30.2 Å². The molecule has 2 aromatic heterocycles. The largest absolute Gasteiger partial charge is 0.478 e. The van der Waals surface area contributed by atoms with Gasteiger partial charge in [-0.25, -0.2) is 4.79 Å². The van der Waals surface area contributed by atoms with Crippen LogP contribution < -0.4 is 0 Å². The number of rotatable bonds is 3. The second kappa shape index (κ2) is 4.31. The van der Waals surface area contributed by atoms with Crippen LogP contribution in [0.3, 0.4) is 0 Å². The lowest BCUT2D eigenvalue weighted by atomic mass is 10.1. The number of benzene rings is 1. The van der Waals surface area contributed by atoms with Gasteiger partial charge in [0.1, 0.15) is 0 Å². The first kappa shape index (κ1) is 11.6. The van der Waals surface area contributed by atoms with Gasteiger partial charge in [0.15, 0.2) is 0 Å². The first-order valence-corrected chi connectivity index (χ1v) is 6.11. The second-order valence-corrected chi connectivity index (χ2v) is 4.71. The van der Waals surface area contributed by atoms with Gasteiger partial charge in [-0.1, -0.05) is 12.1 Å². The first-order valence-electron chi connectivity index (χ1n) is 6.11. The van der Waals surface area contributed by atoms with Crippen molar-refractivity contribution in [1.29, 1.82) is 0 Å². The summed E-state index contributed by atoms with van der Waals surface area (Å²) in [4.78, 5) is 17.3. The van der Waals surface area contributed by atoms with Crippen LogP contribution in [0.4, 0.5) is 0 Å². The maximum absolute atomic E-state index is 11.1. The van der Waals surface area contributed by atoms with E-state index in [0.29, 0.717) is 12.0 Å². The highest BCUT2D eigenvalue weighted by atomic mass is 16.4. The predicted octanol–water partition coefficient (Wildman–Crippen LogP) is 3.09. The number of nitrogens with one attached hydrogen (secondary N) is 2. The van der Waals surface area contributed by atoms with Gasteiger partial charge < -0.3 is 15.1 Å². The summed E-state index contributed by atoms with van der Waals surface area (Å²) in [6.07, 6.45) is 4.19. The molecule has 3 aromatic rings. The third-order valence-electron chi connectivity index (χ3n) is 3.35. The van der Waals surface area contributed by atoms with E-state index in [1.807, 2.05) is 13.1 Å². The fraction of sp³-hybridized carbons (Fsp3) is 0.133. The zero-order valence-corrected chi connectivity index (χ0v) is 10.5. The highest BCUT2D eigenvalue weighted by molar-refractivity contribution is 5.90. The number of hydrogen-bond donors (Lipinski definition) is 3. The highest BCUT2D eigenvalue weighted by Gasteiger charge is 2.13. The molecule has 4 nitrogen and oxygen atoms in total. The Kier molecular flexibility index (Phi) is 2.63. The van der Waals surface area contributed by atoms with E-state index in [9.17, 15) is 4.79 Å². The zero-order valence-electron chi connectivity index (χ0n) is 10.5. The molecule has 0 atom stereocenters. The van der Waals surface area contributed by atoms with Crippen molar-refractivity contribution in [2.45, 2.75) is 13.3 Å². The molecule has 3 N–H and O–H groups in total. The Labute approximate surface area is 110 Å². The number of aromatic nitrogens is 2. The van der Waals surface area contributed by atoms with Gasteiger partial charge in [0.05, 0.1) is 5.56 Å². The van der Waals surface area contributed by atoms with E-state index < -0.39 is 5.97 Å². The van der Waals surface area contributed by atoms with Gasteiger partial charge in [0, 0.05) is 35.4 Å². The monoisotopic (exact) mass is 254 g/mol. The van der Waals surface area contributed by atoms with Crippen molar-refractivity contribution in [3.63, 3.8) is 0 Å². The molecular weight excluding hydrogens is 240 g/mol. The lowest BCUT2D eigenvalue weighted by Gasteiger charge is -2.00. The lowest BCUT2D eigenvalue weighted by Crippen LogP contribution is -2.00. The van der Waals surface area contributed by atoms with Crippen molar-refractivity contribution >= 4 is 16.9 Å². The van der Waals surface area contributed by atoms with E-state index in [-0.39, 0.29) is 0 Å². The molecule has 4 heteroatoms. The Morgan fingerprint density at radius 3 is 2.89 bits per heavy atom. The normalized spacial score (nSPS) is 11.0. The summed E-state index contributed by atoms with van der Waals surface area (Å²) < 4.78 is 0. The third kappa shape index (κ3) is 2.01. The molecule has 0 radical (unpaired) electrons. The Hall–Kier alpha value is -2.49. The number of fused-ring (bicyclic) bond motifs is 1. The van der Waals surface area contributed by atoms with Crippen molar-refractivity contribution < 1.29 is 9.90 Å². The van der Waals surface area contributed by atoms with Gasteiger partial charge in [-0.3, -0.25) is 0 Å². The molecule has 0 spiro atoms. The SMILES string of the molecule is Cc1ccc2c(Cc3[nH]ccc3C(=O)O)c[nH]c2c1. The Balaban J connectivity index is 2.01. The van der Waals surface area contributed by atoms with Gasteiger partial charge >= 0.3 is 5.97 Å². The van der Waals surface area contributed by atoms with Gasteiger partial charge in [0.2, 0.25) is 0 Å². The number of carboxylic acid groups (broad SMARTS) is 1. The molecule has 1 aromatic carbocycles. The molecule has 2 heterocycles. The van der Waals surface area contributed by atoms with Crippen LogP contribution >= 0.6 is 0 Å². The summed E-state index contributed by atoms with van der Waals surface area (Å²) in [5, 5.41) is 10.2. The number of aromatic carboxylic acids is 1. The summed E-state index contributed by atoms with van der Waals surface area (Å²) in [6, 6.07) is 7.81. The average Bonchev–Trinajstić information content (AvgIpc) is 2.97. The van der Waals surface area contributed by atoms with Crippen LogP contribution in [-0.2, 0) is 6.42 Å². The Bertz CT molecular complexity index is 752. The molecule has 0 aliphatic carbocycles. The maximum atomic E-state index is 11.1. The first-order chi connectivity index (χ1) is 9.15. The molecule has 0 unspecified atom stereocenters. The molecule has 96 valence electrons. The average molecular weight is 254 g/mol. The molecule has 3 rings (SSSR count). The van der Waals surface area contributed by atoms with Crippen LogP contribution in [0.1, 0.15) is 27.2 Å². The minimum Gasteiger partial charge on any atom is -0.478 e. The number of aromatic amines is 2. The van der Waals surface area contributed by atoms with Gasteiger partial charge in [-0.2, -0.15) is 0 Å². The molecule has 0 aliphatic heterocycles. The van der Waals surface area contributed by atoms with Crippen molar-refractivity contribution in [2.24, 2.45) is 0 Å². The topological polar surface area (TPSA) is 68.9 Å². The smallest absolute Gasteiger partial charge is 0.337 e. The van der Waals surface area contributed by atoms with Crippen LogP contribution in [0.2, 0.25) is 0 Å². The standard InChI is InChI=1S/C15H14N2O2/c1-9-2-3-11-10(8-17-13(11)6-9)7-14-12(15(18)19)4-5-16-14/h2-6,8,16-17H,7H2,1H3,(H,18,19). The Morgan fingerprint density at radius 1 is 1.26 bits per heavy atom. The second-order valence-electron chi connectivity index (χ2n) is 4.71. The fourth-order valence-electron chi connectivity index (χ4n) is 2.39. The summed E-state index contributed by atoms with van der Waals surface area (Å²) in [6.45, 7) is 2.05. The van der Waals surface area contributed by atoms with Crippen molar-refractivity contribution in [3.05, 3.63) is 59.0 Å². The predicted molar refractivity (Wildman–Crippen MR) is 73.6 cm³/mol. The van der Waals surface area contributed by atoms with Gasteiger partial charge in [-0.15, -0.1) is 0 Å². The lowest BCUT2D eigenvalue weighted by molar-refractivity contribution is 0.0696. The number of aryl methyl sites for hydroxylation is 1. The number of carboxylic acids is 1. The van der Waals surface area contributed by atoms with E-state index in [1.165, 1.54) is 5.56 Å². The highest BCUT2D eigenvalue weighted by Crippen LogP contribution is 2.22. The molecule has 0 fully saturated rings. The quantitative estimate of drug-likeness (QED) is 0.672. The zero-order chi connectivity index (χ0) is 13.4. The molecule has 0 saturated carbocycles. The molecule has 0 aliphatic rings. The van der Waals surface area contributed by atoms with Crippen molar-refractivity contribution in [1.82, 2.24) is 9.97 Å². The fourth-order valence-corrected chi connectivity index (χ4v) is 2.39. The maximum Gasteiger partial charge on any atom is 0.337 e. The van der Waals surface area contributed by atoms with Crippen molar-refractivity contribution in [3.8, 4) is 0 Å². The van der Waals surface area contributed by atoms with E-state index in [4.69, 9.17) is 5.11 Å².